The fraction of sp³-hybridized carbons (Fsp3) is 0.471. The molecule has 1 N–H and O–H groups in total. The van der Waals surface area contributed by atoms with E-state index < -0.39 is 5.25 Å². The van der Waals surface area contributed by atoms with Crippen molar-refractivity contribution in [1.29, 1.82) is 0 Å². The van der Waals surface area contributed by atoms with E-state index in [1.807, 2.05) is 20.8 Å². The summed E-state index contributed by atoms with van der Waals surface area (Å²) in [5, 5.41) is 3.41. The second-order valence-corrected chi connectivity index (χ2v) is 6.31. The van der Waals surface area contributed by atoms with Crippen LogP contribution in [0.3, 0.4) is 0 Å². The molecule has 1 aromatic carbocycles. The Morgan fingerprint density at radius 1 is 1.29 bits per heavy atom. The van der Waals surface area contributed by atoms with Gasteiger partial charge >= 0.3 is 0 Å². The van der Waals surface area contributed by atoms with Gasteiger partial charge in [0.15, 0.2) is 5.17 Å². The summed E-state index contributed by atoms with van der Waals surface area (Å²) in [5.41, 5.74) is 0.578. The molecule has 0 unspecified atom stereocenters. The van der Waals surface area contributed by atoms with Gasteiger partial charge < -0.3 is 10.1 Å². The molecule has 0 saturated carbocycles. The van der Waals surface area contributed by atoms with Crippen molar-refractivity contribution in [3.8, 4) is 5.75 Å². The molecule has 130 valence electrons. The van der Waals surface area contributed by atoms with Crippen LogP contribution in [0.1, 0.15) is 27.2 Å². The highest BCUT2D eigenvalue weighted by Gasteiger charge is 2.40. The fourth-order valence-corrected chi connectivity index (χ4v) is 3.52. The second kappa shape index (κ2) is 8.73. The Hall–Kier alpha value is -2.02. The average molecular weight is 349 g/mol. The minimum atomic E-state index is -0.437. The molecular formula is C17H23N3O3S. The van der Waals surface area contributed by atoms with Crippen LogP contribution in [0.4, 0.5) is 5.69 Å². The highest BCUT2D eigenvalue weighted by atomic mass is 32.2. The molecule has 1 heterocycles. The van der Waals surface area contributed by atoms with Crippen molar-refractivity contribution in [1.82, 2.24) is 5.32 Å². The smallest absolute Gasteiger partial charge is 0.247 e. The number of hydrogen-bond donors (Lipinski definition) is 1. The number of rotatable bonds is 6. The maximum absolute atomic E-state index is 12.6. The van der Waals surface area contributed by atoms with Gasteiger partial charge in [0.2, 0.25) is 11.8 Å². The first-order valence-electron chi connectivity index (χ1n) is 8.15. The number of anilines is 1. The molecule has 1 atom stereocenters. The van der Waals surface area contributed by atoms with E-state index in [0.717, 1.165) is 12.3 Å². The molecule has 0 spiro atoms. The van der Waals surface area contributed by atoms with Crippen molar-refractivity contribution >= 4 is 34.4 Å². The maximum Gasteiger partial charge on any atom is 0.247 e. The lowest BCUT2D eigenvalue weighted by molar-refractivity contribution is -0.121. The second-order valence-electron chi connectivity index (χ2n) is 5.11. The number of benzene rings is 1. The fourth-order valence-electron chi connectivity index (χ4n) is 2.39. The number of nitrogens with one attached hydrogen (secondary N) is 1. The van der Waals surface area contributed by atoms with Crippen molar-refractivity contribution in [2.45, 2.75) is 32.4 Å². The van der Waals surface area contributed by atoms with Crippen LogP contribution in [0.5, 0.6) is 5.75 Å². The first-order chi connectivity index (χ1) is 11.6. The van der Waals surface area contributed by atoms with Gasteiger partial charge in [-0.3, -0.25) is 14.6 Å². The third kappa shape index (κ3) is 4.29. The average Bonchev–Trinajstić information content (AvgIpc) is 2.83. The highest BCUT2D eigenvalue weighted by Crippen LogP contribution is 2.31. The predicted molar refractivity (Wildman–Crippen MR) is 97.8 cm³/mol. The van der Waals surface area contributed by atoms with Crippen molar-refractivity contribution in [2.24, 2.45) is 4.99 Å². The van der Waals surface area contributed by atoms with Crippen LogP contribution in [0, 0.1) is 0 Å². The van der Waals surface area contributed by atoms with Crippen LogP contribution < -0.4 is 15.0 Å². The third-order valence-electron chi connectivity index (χ3n) is 3.39. The lowest BCUT2D eigenvalue weighted by Crippen LogP contribution is -2.32. The highest BCUT2D eigenvalue weighted by molar-refractivity contribution is 8.15. The van der Waals surface area contributed by atoms with E-state index in [9.17, 15) is 9.59 Å². The van der Waals surface area contributed by atoms with Crippen LogP contribution in [-0.2, 0) is 9.59 Å². The number of carbonyl (C=O) groups excluding carboxylic acids is 2. The topological polar surface area (TPSA) is 71.0 Å². The van der Waals surface area contributed by atoms with E-state index >= 15 is 0 Å². The summed E-state index contributed by atoms with van der Waals surface area (Å²) < 4.78 is 5.39. The molecule has 1 aliphatic rings. The van der Waals surface area contributed by atoms with Crippen molar-refractivity contribution in [2.75, 3.05) is 24.6 Å². The molecule has 0 bridgehead atoms. The van der Waals surface area contributed by atoms with E-state index in [2.05, 4.69) is 10.3 Å². The summed E-state index contributed by atoms with van der Waals surface area (Å²) in [6, 6.07) is 7.00. The van der Waals surface area contributed by atoms with Crippen LogP contribution >= 0.6 is 11.8 Å². The van der Waals surface area contributed by atoms with Gasteiger partial charge in [-0.2, -0.15) is 0 Å². The Labute approximate surface area is 146 Å². The van der Waals surface area contributed by atoms with Crippen LogP contribution in [0.2, 0.25) is 0 Å². The molecule has 1 aromatic rings. The number of nitrogens with zero attached hydrogens (tertiary/aromatic N) is 2. The first kappa shape index (κ1) is 18.3. The van der Waals surface area contributed by atoms with Crippen molar-refractivity contribution < 1.29 is 14.3 Å². The predicted octanol–water partition coefficient (Wildman–Crippen LogP) is 2.44. The molecule has 2 rings (SSSR count). The maximum atomic E-state index is 12.6. The number of hydrogen-bond acceptors (Lipinski definition) is 5. The van der Waals surface area contributed by atoms with E-state index in [0.29, 0.717) is 24.0 Å². The molecule has 2 amide bonds. The normalized spacial score (nSPS) is 18.2. The van der Waals surface area contributed by atoms with Crippen molar-refractivity contribution in [3.05, 3.63) is 24.3 Å². The minimum absolute atomic E-state index is 0.185. The molecule has 0 radical (unpaired) electrons. The zero-order valence-electron chi connectivity index (χ0n) is 14.2. The largest absolute Gasteiger partial charge is 0.494 e. The number of amidine groups is 1. The summed E-state index contributed by atoms with van der Waals surface area (Å²) in [7, 11) is 0. The lowest BCUT2D eigenvalue weighted by atomic mass is 10.3. The Morgan fingerprint density at radius 3 is 2.58 bits per heavy atom. The SMILES string of the molecule is CCN=C(NCC)S[C@@H]1CC(=O)N(c2ccc(OCC)cc2)C1=O. The number of thioether (sulfide) groups is 1. The molecule has 6 nitrogen and oxygen atoms in total. The molecule has 1 fully saturated rings. The van der Waals surface area contributed by atoms with Gasteiger partial charge in [0.05, 0.1) is 12.3 Å². The summed E-state index contributed by atoms with van der Waals surface area (Å²) in [5.74, 6) is 0.334. The lowest BCUT2D eigenvalue weighted by Gasteiger charge is -2.16. The van der Waals surface area contributed by atoms with Crippen LogP contribution in [-0.4, -0.2) is 41.9 Å². The molecule has 1 saturated heterocycles. The number of aliphatic imine (C=N–C) groups is 1. The molecule has 0 aromatic heterocycles. The van der Waals surface area contributed by atoms with E-state index in [1.165, 1.54) is 16.7 Å². The Bertz CT molecular complexity index is 616. The summed E-state index contributed by atoms with van der Waals surface area (Å²) in [4.78, 5) is 30.5. The monoisotopic (exact) mass is 349 g/mol. The molecular weight excluding hydrogens is 326 g/mol. The number of imide groups is 1. The summed E-state index contributed by atoms with van der Waals surface area (Å²) in [6.07, 6.45) is 0.185. The number of ether oxygens (including phenoxy) is 1. The Balaban J connectivity index is 2.12. The molecule has 24 heavy (non-hydrogen) atoms. The minimum Gasteiger partial charge on any atom is -0.494 e. The van der Waals surface area contributed by atoms with E-state index in [-0.39, 0.29) is 18.2 Å². The molecule has 7 heteroatoms. The quantitative estimate of drug-likeness (QED) is 0.485. The zero-order chi connectivity index (χ0) is 17.5. The van der Waals surface area contributed by atoms with Gasteiger partial charge in [0.1, 0.15) is 11.0 Å². The zero-order valence-corrected chi connectivity index (χ0v) is 15.1. The van der Waals surface area contributed by atoms with Gasteiger partial charge in [-0.05, 0) is 45.0 Å². The van der Waals surface area contributed by atoms with Crippen LogP contribution in [0.15, 0.2) is 29.3 Å². The standard InChI is InChI=1S/C17H23N3O3S/c1-4-18-17(19-5-2)24-14-11-15(21)20(16(14)22)12-7-9-13(10-8-12)23-6-3/h7-10,14H,4-6,11H2,1-3H3,(H,18,19)/t14-/m1/s1. The summed E-state index contributed by atoms with van der Waals surface area (Å²) in [6.45, 7) is 7.74. The van der Waals surface area contributed by atoms with Gasteiger partial charge in [-0.1, -0.05) is 11.8 Å². The van der Waals surface area contributed by atoms with Gasteiger partial charge in [-0.15, -0.1) is 0 Å². The molecule has 1 aliphatic heterocycles. The number of amides is 2. The van der Waals surface area contributed by atoms with Crippen LogP contribution in [0.25, 0.3) is 0 Å². The van der Waals surface area contributed by atoms with Crippen molar-refractivity contribution in [3.63, 3.8) is 0 Å². The summed E-state index contributed by atoms with van der Waals surface area (Å²) >= 11 is 1.33. The molecule has 0 aliphatic carbocycles. The first-order valence-corrected chi connectivity index (χ1v) is 9.03. The van der Waals surface area contributed by atoms with Gasteiger partial charge in [-0.25, -0.2) is 4.90 Å². The van der Waals surface area contributed by atoms with Gasteiger partial charge in [0.25, 0.3) is 0 Å². The third-order valence-corrected chi connectivity index (χ3v) is 4.54. The van der Waals surface area contributed by atoms with Gasteiger partial charge in [0, 0.05) is 19.5 Å². The Kier molecular flexibility index (Phi) is 6.66. The van der Waals surface area contributed by atoms with E-state index in [4.69, 9.17) is 4.74 Å². The van der Waals surface area contributed by atoms with E-state index in [1.54, 1.807) is 24.3 Å². The Morgan fingerprint density at radius 2 is 2.00 bits per heavy atom. The number of carbonyl (C=O) groups is 2.